The van der Waals surface area contributed by atoms with Crippen molar-refractivity contribution in [2.75, 3.05) is 0 Å². The molecule has 0 fully saturated rings. The zero-order valence-corrected chi connectivity index (χ0v) is 8.12. The zero-order valence-electron chi connectivity index (χ0n) is 8.12. The van der Waals surface area contributed by atoms with Crippen molar-refractivity contribution < 1.29 is 18.3 Å². The maximum Gasteiger partial charge on any atom is 0.418 e. The van der Waals surface area contributed by atoms with Gasteiger partial charge in [-0.25, -0.2) is 0 Å². The van der Waals surface area contributed by atoms with Gasteiger partial charge >= 0.3 is 6.18 Å². The van der Waals surface area contributed by atoms with Gasteiger partial charge in [-0.3, -0.25) is 0 Å². The second-order valence-electron chi connectivity index (χ2n) is 3.20. The molecule has 1 aromatic carbocycles. The van der Waals surface area contributed by atoms with Crippen LogP contribution in [-0.4, -0.2) is 17.4 Å². The topological polar surface area (TPSA) is 20.2 Å². The Balaban J connectivity index is 2.86. The smallest absolute Gasteiger partial charge is 0.380 e. The molecule has 4 heteroatoms. The van der Waals surface area contributed by atoms with Gasteiger partial charge in [0.05, 0.1) is 0 Å². The Labute approximate surface area is 85.9 Å². The van der Waals surface area contributed by atoms with Crippen LogP contribution in [0.15, 0.2) is 36.4 Å². The van der Waals surface area contributed by atoms with Gasteiger partial charge in [0.1, 0.15) is 0 Å². The van der Waals surface area contributed by atoms with Gasteiger partial charge < -0.3 is 5.11 Å². The number of halogens is 3. The van der Waals surface area contributed by atoms with E-state index in [2.05, 4.69) is 0 Å². The van der Waals surface area contributed by atoms with Crippen LogP contribution in [0.3, 0.4) is 0 Å². The van der Waals surface area contributed by atoms with Crippen LogP contribution >= 0.6 is 0 Å². The van der Waals surface area contributed by atoms with Crippen molar-refractivity contribution in [3.63, 3.8) is 0 Å². The number of aliphatic hydroxyl groups excluding tert-OH is 1. The molecular formula is C11H11F3O. The third-order valence-electron chi connectivity index (χ3n) is 1.97. The molecule has 0 aliphatic rings. The van der Waals surface area contributed by atoms with Crippen molar-refractivity contribution in [2.45, 2.75) is 19.2 Å². The number of hydrogen-bond acceptors (Lipinski definition) is 1. The number of hydrogen-bond donors (Lipinski definition) is 1. The third-order valence-corrected chi connectivity index (χ3v) is 1.97. The van der Waals surface area contributed by atoms with Crippen LogP contribution in [0, 0.1) is 0 Å². The summed E-state index contributed by atoms with van der Waals surface area (Å²) < 4.78 is 36.1. The first-order chi connectivity index (χ1) is 6.91. The summed E-state index contributed by atoms with van der Waals surface area (Å²) in [6, 6.07) is 8.61. The molecule has 0 saturated carbocycles. The van der Waals surface area contributed by atoms with Gasteiger partial charge in [0, 0.05) is 0 Å². The largest absolute Gasteiger partial charge is 0.418 e. The summed E-state index contributed by atoms with van der Waals surface area (Å²) >= 11 is 0. The van der Waals surface area contributed by atoms with E-state index < -0.39 is 12.3 Å². The quantitative estimate of drug-likeness (QED) is 0.805. The van der Waals surface area contributed by atoms with Crippen molar-refractivity contribution in [3.8, 4) is 0 Å². The monoisotopic (exact) mass is 216 g/mol. The molecule has 0 saturated heterocycles. The van der Waals surface area contributed by atoms with Crippen molar-refractivity contribution in [1.82, 2.24) is 0 Å². The normalized spacial score (nSPS) is 15.1. The Morgan fingerprint density at radius 2 is 1.80 bits per heavy atom. The highest BCUT2D eigenvalue weighted by Gasteiger charge is 2.36. The Morgan fingerprint density at radius 3 is 2.27 bits per heavy atom. The molecule has 15 heavy (non-hydrogen) atoms. The van der Waals surface area contributed by atoms with Gasteiger partial charge in [-0.15, -0.1) is 0 Å². The highest BCUT2D eigenvalue weighted by Crippen LogP contribution is 2.24. The van der Waals surface area contributed by atoms with Gasteiger partial charge in [-0.05, 0) is 24.1 Å². The first-order valence-corrected chi connectivity index (χ1v) is 4.40. The molecule has 1 nitrogen and oxygen atoms in total. The predicted octanol–water partition coefficient (Wildman–Crippen LogP) is 3.01. The fraction of sp³-hybridized carbons (Fsp3) is 0.273. The van der Waals surface area contributed by atoms with Crippen LogP contribution in [0.25, 0.3) is 5.57 Å². The number of allylic oxidation sites excluding steroid dienone is 1. The lowest BCUT2D eigenvalue weighted by molar-refractivity contribution is -0.187. The lowest BCUT2D eigenvalue weighted by Crippen LogP contribution is -2.26. The molecule has 0 amide bonds. The summed E-state index contributed by atoms with van der Waals surface area (Å²) in [6.45, 7) is 1.53. The Morgan fingerprint density at radius 1 is 1.27 bits per heavy atom. The minimum absolute atomic E-state index is 0.403. The molecule has 0 aliphatic heterocycles. The number of rotatable bonds is 2. The molecule has 0 radical (unpaired) electrons. The molecule has 0 bridgehead atoms. The number of alkyl halides is 3. The van der Waals surface area contributed by atoms with Crippen LogP contribution in [0.4, 0.5) is 13.2 Å². The van der Waals surface area contributed by atoms with E-state index in [1.54, 1.807) is 30.3 Å². The fourth-order valence-electron chi connectivity index (χ4n) is 1.13. The molecule has 82 valence electrons. The molecule has 0 aliphatic carbocycles. The molecule has 1 rings (SSSR count). The van der Waals surface area contributed by atoms with Crippen molar-refractivity contribution in [3.05, 3.63) is 42.0 Å². The van der Waals surface area contributed by atoms with Crippen LogP contribution in [0.5, 0.6) is 0 Å². The SMILES string of the molecule is C/C(=C\[C@H](O)C(F)(F)F)c1ccccc1. The average Bonchev–Trinajstić information content (AvgIpc) is 2.17. The highest BCUT2D eigenvalue weighted by atomic mass is 19.4. The second kappa shape index (κ2) is 4.49. The molecule has 1 aromatic rings. The van der Waals surface area contributed by atoms with Gasteiger partial charge in [0.15, 0.2) is 6.10 Å². The second-order valence-corrected chi connectivity index (χ2v) is 3.20. The van der Waals surface area contributed by atoms with E-state index >= 15 is 0 Å². The molecule has 0 unspecified atom stereocenters. The zero-order chi connectivity index (χ0) is 11.5. The Hall–Kier alpha value is -1.29. The number of benzene rings is 1. The Kier molecular flexibility index (Phi) is 3.52. The average molecular weight is 216 g/mol. The molecule has 0 spiro atoms. The van der Waals surface area contributed by atoms with E-state index in [0.29, 0.717) is 11.1 Å². The van der Waals surface area contributed by atoms with Crippen molar-refractivity contribution in [1.29, 1.82) is 0 Å². The van der Waals surface area contributed by atoms with Crippen molar-refractivity contribution in [2.24, 2.45) is 0 Å². The van der Waals surface area contributed by atoms with Crippen LogP contribution in [0.2, 0.25) is 0 Å². The van der Waals surface area contributed by atoms with Crippen molar-refractivity contribution >= 4 is 5.57 Å². The summed E-state index contributed by atoms with van der Waals surface area (Å²) in [7, 11) is 0. The van der Waals surface area contributed by atoms with Gasteiger partial charge in [0.2, 0.25) is 0 Å². The first kappa shape index (κ1) is 11.8. The lowest BCUT2D eigenvalue weighted by Gasteiger charge is -2.11. The summed E-state index contributed by atoms with van der Waals surface area (Å²) in [4.78, 5) is 0. The summed E-state index contributed by atoms with van der Waals surface area (Å²) in [5.41, 5.74) is 1.07. The lowest BCUT2D eigenvalue weighted by atomic mass is 10.1. The summed E-state index contributed by atoms with van der Waals surface area (Å²) in [5, 5.41) is 8.82. The van der Waals surface area contributed by atoms with Crippen LogP contribution in [0.1, 0.15) is 12.5 Å². The molecular weight excluding hydrogens is 205 g/mol. The first-order valence-electron chi connectivity index (χ1n) is 4.40. The van der Waals surface area contributed by atoms with E-state index in [0.717, 1.165) is 6.08 Å². The van der Waals surface area contributed by atoms with Crippen LogP contribution in [-0.2, 0) is 0 Å². The fourth-order valence-corrected chi connectivity index (χ4v) is 1.13. The standard InChI is InChI=1S/C11H11F3O/c1-8(7-10(15)11(12,13)14)9-5-3-2-4-6-9/h2-7,10,15H,1H3/b8-7+/t10-/m0/s1. The highest BCUT2D eigenvalue weighted by molar-refractivity contribution is 5.63. The molecule has 0 heterocycles. The maximum absolute atomic E-state index is 12.0. The van der Waals surface area contributed by atoms with Gasteiger partial charge in [-0.1, -0.05) is 30.3 Å². The van der Waals surface area contributed by atoms with E-state index in [1.807, 2.05) is 0 Å². The minimum Gasteiger partial charge on any atom is -0.380 e. The molecule has 1 N–H and O–H groups in total. The van der Waals surface area contributed by atoms with E-state index in [1.165, 1.54) is 6.92 Å². The minimum atomic E-state index is -4.60. The van der Waals surface area contributed by atoms with Crippen LogP contribution < -0.4 is 0 Å². The summed E-state index contributed by atoms with van der Waals surface area (Å²) in [6.07, 6.45) is -6.21. The molecule has 0 aromatic heterocycles. The molecule has 1 atom stereocenters. The predicted molar refractivity (Wildman–Crippen MR) is 52.2 cm³/mol. The summed E-state index contributed by atoms with van der Waals surface area (Å²) in [5.74, 6) is 0. The Bertz CT molecular complexity index is 341. The van der Waals surface area contributed by atoms with Gasteiger partial charge in [-0.2, -0.15) is 13.2 Å². The number of aliphatic hydroxyl groups is 1. The maximum atomic E-state index is 12.0. The van der Waals surface area contributed by atoms with Gasteiger partial charge in [0.25, 0.3) is 0 Å². The van der Waals surface area contributed by atoms with E-state index in [9.17, 15) is 13.2 Å². The third kappa shape index (κ3) is 3.40. The van der Waals surface area contributed by atoms with E-state index in [4.69, 9.17) is 5.11 Å². The van der Waals surface area contributed by atoms with E-state index in [-0.39, 0.29) is 0 Å².